The lowest BCUT2D eigenvalue weighted by Gasteiger charge is -2.29. The fourth-order valence-corrected chi connectivity index (χ4v) is 3.76. The average molecular weight is 431 g/mol. The molecule has 1 aliphatic carbocycles. The molecule has 1 atom stereocenters. The fourth-order valence-electron chi connectivity index (χ4n) is 3.63. The Morgan fingerprint density at radius 3 is 2.40 bits per heavy atom. The Bertz CT molecular complexity index is 960. The molecule has 6 nitrogen and oxygen atoms in total. The number of carbonyl (C=O) groups excluding carboxylic acids is 3. The highest BCUT2D eigenvalue weighted by atomic mass is 35.5. The lowest BCUT2D eigenvalue weighted by atomic mass is 9.99. The van der Waals surface area contributed by atoms with E-state index in [1.807, 2.05) is 0 Å². The Labute approximate surface area is 181 Å². The first-order valence-electron chi connectivity index (χ1n) is 10.2. The van der Waals surface area contributed by atoms with Crippen LogP contribution in [0.3, 0.4) is 0 Å². The molecule has 1 aromatic carbocycles. The molecule has 0 saturated heterocycles. The SMILES string of the molecule is CCOC(=O)c1[nH]c(C)c(C(=O)[C@@H](C)N(CC2CC2)C(=O)c2ccc(Cl)cc2)c1C. The Morgan fingerprint density at radius 2 is 1.83 bits per heavy atom. The van der Waals surface area contributed by atoms with Gasteiger partial charge in [-0.15, -0.1) is 0 Å². The van der Waals surface area contributed by atoms with Crippen molar-refractivity contribution in [3.63, 3.8) is 0 Å². The van der Waals surface area contributed by atoms with E-state index in [4.69, 9.17) is 16.3 Å². The van der Waals surface area contributed by atoms with Crippen LogP contribution < -0.4 is 0 Å². The first-order chi connectivity index (χ1) is 14.2. The van der Waals surface area contributed by atoms with Crippen molar-refractivity contribution in [3.8, 4) is 0 Å². The first kappa shape index (κ1) is 22.1. The van der Waals surface area contributed by atoms with E-state index in [1.54, 1.807) is 56.9 Å². The number of benzene rings is 1. The first-order valence-corrected chi connectivity index (χ1v) is 10.6. The van der Waals surface area contributed by atoms with Gasteiger partial charge < -0.3 is 14.6 Å². The van der Waals surface area contributed by atoms with Gasteiger partial charge >= 0.3 is 5.97 Å². The molecular formula is C23H27ClN2O4. The van der Waals surface area contributed by atoms with Gasteiger partial charge in [0.15, 0.2) is 5.78 Å². The van der Waals surface area contributed by atoms with Crippen molar-refractivity contribution in [1.82, 2.24) is 9.88 Å². The number of aromatic amines is 1. The molecule has 1 amide bonds. The summed E-state index contributed by atoms with van der Waals surface area (Å²) in [4.78, 5) is 43.4. The number of aryl methyl sites for hydroxylation is 1. The van der Waals surface area contributed by atoms with E-state index in [0.717, 1.165) is 12.8 Å². The van der Waals surface area contributed by atoms with E-state index in [1.165, 1.54) is 0 Å². The van der Waals surface area contributed by atoms with Crippen LogP contribution in [-0.2, 0) is 4.74 Å². The van der Waals surface area contributed by atoms with Crippen molar-refractivity contribution < 1.29 is 19.1 Å². The van der Waals surface area contributed by atoms with Crippen LogP contribution in [0.1, 0.15) is 69.2 Å². The zero-order valence-corrected chi connectivity index (χ0v) is 18.5. The van der Waals surface area contributed by atoms with Crippen LogP contribution in [0.15, 0.2) is 24.3 Å². The molecule has 160 valence electrons. The van der Waals surface area contributed by atoms with Crippen LogP contribution in [0, 0.1) is 19.8 Å². The molecule has 7 heteroatoms. The van der Waals surface area contributed by atoms with Gasteiger partial charge in [-0.05, 0) is 76.3 Å². The summed E-state index contributed by atoms with van der Waals surface area (Å²) in [7, 11) is 0. The number of amides is 1. The maximum atomic E-state index is 13.4. The van der Waals surface area contributed by atoms with E-state index < -0.39 is 12.0 Å². The number of rotatable bonds is 8. The molecule has 3 rings (SSSR count). The van der Waals surface area contributed by atoms with Crippen molar-refractivity contribution >= 4 is 29.3 Å². The van der Waals surface area contributed by atoms with Gasteiger partial charge in [0, 0.05) is 28.4 Å². The number of hydrogen-bond acceptors (Lipinski definition) is 4. The van der Waals surface area contributed by atoms with E-state index >= 15 is 0 Å². The second-order valence-corrected chi connectivity index (χ2v) is 8.23. The van der Waals surface area contributed by atoms with Crippen LogP contribution in [-0.4, -0.2) is 46.7 Å². The van der Waals surface area contributed by atoms with Gasteiger partial charge in [0.1, 0.15) is 5.69 Å². The van der Waals surface area contributed by atoms with Crippen LogP contribution >= 0.6 is 11.6 Å². The molecule has 0 spiro atoms. The molecule has 1 aromatic heterocycles. The van der Waals surface area contributed by atoms with Crippen LogP contribution in [0.2, 0.25) is 5.02 Å². The number of carbonyl (C=O) groups is 3. The van der Waals surface area contributed by atoms with Crippen molar-refractivity contribution in [1.29, 1.82) is 0 Å². The monoisotopic (exact) mass is 430 g/mol. The van der Waals surface area contributed by atoms with E-state index in [2.05, 4.69) is 4.98 Å². The lowest BCUT2D eigenvalue weighted by Crippen LogP contribution is -2.44. The van der Waals surface area contributed by atoms with Crippen molar-refractivity contribution in [2.75, 3.05) is 13.2 Å². The summed E-state index contributed by atoms with van der Waals surface area (Å²) in [5, 5.41) is 0.550. The summed E-state index contributed by atoms with van der Waals surface area (Å²) >= 11 is 5.95. The molecule has 1 fully saturated rings. The number of esters is 1. The number of halogens is 1. The number of ether oxygens (including phenoxy) is 1. The van der Waals surface area contributed by atoms with Crippen LogP contribution in [0.5, 0.6) is 0 Å². The molecule has 0 radical (unpaired) electrons. The number of hydrogen-bond donors (Lipinski definition) is 1. The van der Waals surface area contributed by atoms with E-state index in [9.17, 15) is 14.4 Å². The van der Waals surface area contributed by atoms with Crippen LogP contribution in [0.4, 0.5) is 0 Å². The minimum Gasteiger partial charge on any atom is -0.461 e. The van der Waals surface area contributed by atoms with Gasteiger partial charge in [-0.25, -0.2) is 4.79 Å². The summed E-state index contributed by atoms with van der Waals surface area (Å²) in [5.74, 6) is -0.465. The van der Waals surface area contributed by atoms with Gasteiger partial charge in [0.25, 0.3) is 5.91 Å². The van der Waals surface area contributed by atoms with E-state index in [0.29, 0.717) is 39.9 Å². The molecule has 1 N–H and O–H groups in total. The Hall–Kier alpha value is -2.60. The highest BCUT2D eigenvalue weighted by Crippen LogP contribution is 2.32. The number of nitrogens with zero attached hydrogens (tertiary/aromatic N) is 1. The maximum Gasteiger partial charge on any atom is 0.355 e. The van der Waals surface area contributed by atoms with Crippen molar-refractivity contribution in [2.24, 2.45) is 5.92 Å². The summed E-state index contributed by atoms with van der Waals surface area (Å²) < 4.78 is 5.07. The average Bonchev–Trinajstić information content (AvgIpc) is 3.49. The molecule has 0 bridgehead atoms. The highest BCUT2D eigenvalue weighted by Gasteiger charge is 2.35. The topological polar surface area (TPSA) is 79.5 Å². The zero-order valence-electron chi connectivity index (χ0n) is 17.8. The number of ketones is 1. The Morgan fingerprint density at radius 1 is 1.20 bits per heavy atom. The minimum absolute atomic E-state index is 0.195. The molecule has 1 saturated carbocycles. The zero-order chi connectivity index (χ0) is 22.0. The van der Waals surface area contributed by atoms with Gasteiger partial charge in [-0.3, -0.25) is 9.59 Å². The number of Topliss-reactive ketones (excluding diaryl/α,β-unsaturated/α-hetero) is 1. The largest absolute Gasteiger partial charge is 0.461 e. The van der Waals surface area contributed by atoms with Gasteiger partial charge in [0.2, 0.25) is 0 Å². The van der Waals surface area contributed by atoms with Crippen molar-refractivity contribution in [3.05, 3.63) is 57.4 Å². The Balaban J connectivity index is 1.90. The molecule has 2 aromatic rings. The second kappa shape index (κ2) is 9.04. The number of aromatic nitrogens is 1. The third-order valence-electron chi connectivity index (χ3n) is 5.51. The molecule has 1 aliphatic rings. The molecule has 1 heterocycles. The lowest BCUT2D eigenvalue weighted by molar-refractivity contribution is 0.0518. The highest BCUT2D eigenvalue weighted by molar-refractivity contribution is 6.30. The van der Waals surface area contributed by atoms with Gasteiger partial charge in [0.05, 0.1) is 12.6 Å². The summed E-state index contributed by atoms with van der Waals surface area (Å²) in [6, 6.07) is 6.02. The molecule has 0 unspecified atom stereocenters. The minimum atomic E-state index is -0.669. The molecular weight excluding hydrogens is 404 g/mol. The normalized spacial score (nSPS) is 14.3. The number of H-pyrrole nitrogens is 1. The second-order valence-electron chi connectivity index (χ2n) is 7.79. The van der Waals surface area contributed by atoms with E-state index in [-0.39, 0.29) is 24.0 Å². The third kappa shape index (κ3) is 4.59. The predicted octanol–water partition coefficient (Wildman–Crippen LogP) is 4.59. The molecule has 0 aliphatic heterocycles. The predicted molar refractivity (Wildman–Crippen MR) is 115 cm³/mol. The summed E-state index contributed by atoms with van der Waals surface area (Å²) in [6.07, 6.45) is 2.11. The quantitative estimate of drug-likeness (QED) is 0.490. The van der Waals surface area contributed by atoms with Crippen LogP contribution in [0.25, 0.3) is 0 Å². The standard InChI is InChI=1S/C23H27ClN2O4/c1-5-30-23(29)20-13(2)19(14(3)25-20)21(27)15(4)26(12-16-6-7-16)22(28)17-8-10-18(24)11-9-17/h8-11,15-16,25H,5-7,12H2,1-4H3/t15-/m1/s1. The fraction of sp³-hybridized carbons (Fsp3) is 0.435. The smallest absolute Gasteiger partial charge is 0.355 e. The van der Waals surface area contributed by atoms with Gasteiger partial charge in [-0.2, -0.15) is 0 Å². The summed E-state index contributed by atoms with van der Waals surface area (Å²) in [5.41, 5.74) is 2.36. The van der Waals surface area contributed by atoms with Crippen molar-refractivity contribution in [2.45, 2.75) is 46.6 Å². The molecule has 30 heavy (non-hydrogen) atoms. The number of nitrogens with one attached hydrogen (secondary N) is 1. The van der Waals surface area contributed by atoms with Gasteiger partial charge in [-0.1, -0.05) is 11.6 Å². The maximum absolute atomic E-state index is 13.4. The third-order valence-corrected chi connectivity index (χ3v) is 5.77. The summed E-state index contributed by atoms with van der Waals surface area (Å²) in [6.45, 7) is 7.73. The Kier molecular flexibility index (Phi) is 6.66.